The lowest BCUT2D eigenvalue weighted by Gasteiger charge is -2.21. The molecule has 8 heteroatoms. The van der Waals surface area contributed by atoms with E-state index in [-0.39, 0.29) is 12.1 Å². The Morgan fingerprint density at radius 2 is 2.11 bits per heavy atom. The molecule has 0 radical (unpaired) electrons. The summed E-state index contributed by atoms with van der Waals surface area (Å²) in [5.41, 5.74) is 3.66. The first-order valence-corrected chi connectivity index (χ1v) is 5.94. The van der Waals surface area contributed by atoms with Gasteiger partial charge in [0.1, 0.15) is 5.41 Å². The molecule has 0 saturated carbocycles. The Bertz CT molecular complexity index is 544. The molecule has 0 aliphatic heterocycles. The predicted octanol–water partition coefficient (Wildman–Crippen LogP) is 1.48. The van der Waals surface area contributed by atoms with E-state index < -0.39 is 22.2 Å². The molecular formula is C11H11BrN2O5. The number of carbonyl (C=O) groups is 2. The van der Waals surface area contributed by atoms with E-state index in [4.69, 9.17) is 10.8 Å². The fourth-order valence-corrected chi connectivity index (χ4v) is 1.95. The Labute approximate surface area is 116 Å². The van der Waals surface area contributed by atoms with Gasteiger partial charge >= 0.3 is 5.97 Å². The largest absolute Gasteiger partial charge is 0.480 e. The lowest BCUT2D eigenvalue weighted by molar-refractivity contribution is -0.384. The minimum absolute atomic E-state index is 0.133. The van der Waals surface area contributed by atoms with E-state index in [2.05, 4.69) is 15.9 Å². The molecule has 19 heavy (non-hydrogen) atoms. The molecule has 0 heterocycles. The molecule has 0 spiro atoms. The SMILES string of the molecule is CC(Cc1ccc([N+](=O)[O-])cc1Br)(C(N)=O)C(=O)O. The van der Waals surface area contributed by atoms with Crippen molar-refractivity contribution in [3.8, 4) is 0 Å². The van der Waals surface area contributed by atoms with E-state index in [0.717, 1.165) is 0 Å². The lowest BCUT2D eigenvalue weighted by Crippen LogP contribution is -2.43. The number of hydrogen-bond donors (Lipinski definition) is 2. The number of nitrogens with two attached hydrogens (primary N) is 1. The van der Waals surface area contributed by atoms with Gasteiger partial charge in [-0.2, -0.15) is 0 Å². The van der Waals surface area contributed by atoms with Crippen LogP contribution in [0.2, 0.25) is 0 Å². The third-order valence-electron chi connectivity index (χ3n) is 2.81. The Morgan fingerprint density at radius 1 is 1.53 bits per heavy atom. The number of hydrogen-bond acceptors (Lipinski definition) is 4. The van der Waals surface area contributed by atoms with Crippen molar-refractivity contribution in [2.24, 2.45) is 11.1 Å². The molecule has 1 aromatic carbocycles. The predicted molar refractivity (Wildman–Crippen MR) is 69.4 cm³/mol. The van der Waals surface area contributed by atoms with Gasteiger partial charge in [-0.1, -0.05) is 22.0 Å². The molecule has 1 aromatic rings. The fourth-order valence-electron chi connectivity index (χ4n) is 1.44. The van der Waals surface area contributed by atoms with Gasteiger partial charge in [0, 0.05) is 16.6 Å². The van der Waals surface area contributed by atoms with Crippen molar-refractivity contribution in [3.05, 3.63) is 38.3 Å². The highest BCUT2D eigenvalue weighted by molar-refractivity contribution is 9.10. The quantitative estimate of drug-likeness (QED) is 0.480. The van der Waals surface area contributed by atoms with Crippen molar-refractivity contribution >= 4 is 33.5 Å². The summed E-state index contributed by atoms with van der Waals surface area (Å²) in [5.74, 6) is -2.31. The number of non-ortho nitro benzene ring substituents is 1. The molecule has 0 aliphatic rings. The maximum absolute atomic E-state index is 11.3. The lowest BCUT2D eigenvalue weighted by atomic mass is 9.83. The number of carbonyl (C=O) groups excluding carboxylic acids is 1. The van der Waals surface area contributed by atoms with E-state index in [0.29, 0.717) is 10.0 Å². The number of carboxylic acid groups (broad SMARTS) is 1. The van der Waals surface area contributed by atoms with Crippen molar-refractivity contribution in [1.82, 2.24) is 0 Å². The molecule has 0 aliphatic carbocycles. The van der Waals surface area contributed by atoms with E-state index in [9.17, 15) is 19.7 Å². The van der Waals surface area contributed by atoms with Gasteiger partial charge in [-0.05, 0) is 18.9 Å². The van der Waals surface area contributed by atoms with E-state index >= 15 is 0 Å². The van der Waals surface area contributed by atoms with Crippen LogP contribution in [0.25, 0.3) is 0 Å². The molecule has 3 N–H and O–H groups in total. The highest BCUT2D eigenvalue weighted by Gasteiger charge is 2.40. The normalized spacial score (nSPS) is 13.6. The molecule has 0 aromatic heterocycles. The number of carboxylic acids is 1. The molecule has 0 fully saturated rings. The average Bonchev–Trinajstić information content (AvgIpc) is 2.30. The van der Waals surface area contributed by atoms with Crippen LogP contribution in [-0.4, -0.2) is 21.9 Å². The van der Waals surface area contributed by atoms with Crippen molar-refractivity contribution in [1.29, 1.82) is 0 Å². The number of nitro benzene ring substituents is 1. The van der Waals surface area contributed by atoms with Crippen molar-refractivity contribution in [2.75, 3.05) is 0 Å². The summed E-state index contributed by atoms with van der Waals surface area (Å²) < 4.78 is 0.357. The summed E-state index contributed by atoms with van der Waals surface area (Å²) in [6, 6.07) is 3.88. The van der Waals surface area contributed by atoms with E-state index in [1.54, 1.807) is 0 Å². The van der Waals surface area contributed by atoms with E-state index in [1.165, 1.54) is 25.1 Å². The second kappa shape index (κ2) is 5.35. The van der Waals surface area contributed by atoms with Crippen LogP contribution in [0, 0.1) is 15.5 Å². The van der Waals surface area contributed by atoms with Crippen LogP contribution in [0.5, 0.6) is 0 Å². The molecule has 1 unspecified atom stereocenters. The molecule has 1 rings (SSSR count). The third-order valence-corrected chi connectivity index (χ3v) is 3.55. The van der Waals surface area contributed by atoms with Gasteiger partial charge in [0.15, 0.2) is 0 Å². The number of halogens is 1. The second-order valence-corrected chi connectivity index (χ2v) is 5.07. The number of nitrogens with zero attached hydrogens (tertiary/aromatic N) is 1. The summed E-state index contributed by atoms with van der Waals surface area (Å²) in [7, 11) is 0. The van der Waals surface area contributed by atoms with Gasteiger partial charge < -0.3 is 10.8 Å². The number of benzene rings is 1. The standard InChI is InChI=1S/C11H11BrN2O5/c1-11(9(13)15,10(16)17)5-6-2-3-7(14(18)19)4-8(6)12/h2-4H,5H2,1H3,(H2,13,15)(H,16,17). The van der Waals surface area contributed by atoms with Crippen LogP contribution in [-0.2, 0) is 16.0 Å². The second-order valence-electron chi connectivity index (χ2n) is 4.21. The Hall–Kier alpha value is -1.96. The van der Waals surface area contributed by atoms with E-state index in [1.807, 2.05) is 0 Å². The summed E-state index contributed by atoms with van der Waals surface area (Å²) in [4.78, 5) is 32.4. The molecule has 0 saturated heterocycles. The number of aliphatic carboxylic acids is 1. The Balaban J connectivity index is 3.15. The zero-order valence-corrected chi connectivity index (χ0v) is 11.5. The fraction of sp³-hybridized carbons (Fsp3) is 0.273. The van der Waals surface area contributed by atoms with Gasteiger partial charge in [0.2, 0.25) is 5.91 Å². The zero-order chi connectivity index (χ0) is 14.8. The van der Waals surface area contributed by atoms with Crippen molar-refractivity contribution in [3.63, 3.8) is 0 Å². The van der Waals surface area contributed by atoms with Crippen molar-refractivity contribution in [2.45, 2.75) is 13.3 Å². The van der Waals surface area contributed by atoms with Crippen LogP contribution in [0.3, 0.4) is 0 Å². The number of nitro groups is 1. The maximum atomic E-state index is 11.3. The summed E-state index contributed by atoms with van der Waals surface area (Å²) >= 11 is 3.12. The summed E-state index contributed by atoms with van der Waals surface area (Å²) in [5, 5.41) is 19.7. The Kier molecular flexibility index (Phi) is 4.25. The molecule has 1 atom stereocenters. The molecule has 0 bridgehead atoms. The first-order valence-electron chi connectivity index (χ1n) is 5.14. The third kappa shape index (κ3) is 3.08. The zero-order valence-electron chi connectivity index (χ0n) is 9.92. The van der Waals surface area contributed by atoms with Gasteiger partial charge in [-0.25, -0.2) is 0 Å². The van der Waals surface area contributed by atoms with Crippen molar-refractivity contribution < 1.29 is 19.6 Å². The number of amides is 1. The summed E-state index contributed by atoms with van der Waals surface area (Å²) in [6.07, 6.45) is -0.157. The molecule has 7 nitrogen and oxygen atoms in total. The minimum atomic E-state index is -1.77. The maximum Gasteiger partial charge on any atom is 0.319 e. The highest BCUT2D eigenvalue weighted by atomic mass is 79.9. The topological polar surface area (TPSA) is 124 Å². The van der Waals surface area contributed by atoms with Crippen LogP contribution < -0.4 is 5.73 Å². The highest BCUT2D eigenvalue weighted by Crippen LogP contribution is 2.29. The molecule has 1 amide bonds. The molecule has 102 valence electrons. The van der Waals surface area contributed by atoms with Crippen LogP contribution in [0.15, 0.2) is 22.7 Å². The van der Waals surface area contributed by atoms with Crippen LogP contribution >= 0.6 is 15.9 Å². The minimum Gasteiger partial charge on any atom is -0.480 e. The average molecular weight is 331 g/mol. The van der Waals surface area contributed by atoms with Gasteiger partial charge in [0.25, 0.3) is 5.69 Å². The number of primary amides is 1. The van der Waals surface area contributed by atoms with Gasteiger partial charge in [0.05, 0.1) is 4.92 Å². The molecular weight excluding hydrogens is 320 g/mol. The smallest absolute Gasteiger partial charge is 0.319 e. The van der Waals surface area contributed by atoms with Crippen LogP contribution in [0.1, 0.15) is 12.5 Å². The first kappa shape index (κ1) is 15.1. The summed E-state index contributed by atoms with van der Waals surface area (Å²) in [6.45, 7) is 1.21. The monoisotopic (exact) mass is 330 g/mol. The van der Waals surface area contributed by atoms with Crippen LogP contribution in [0.4, 0.5) is 5.69 Å². The van der Waals surface area contributed by atoms with Gasteiger partial charge in [-0.15, -0.1) is 0 Å². The first-order chi connectivity index (χ1) is 8.68. The van der Waals surface area contributed by atoms with Gasteiger partial charge in [-0.3, -0.25) is 19.7 Å². The Morgan fingerprint density at radius 3 is 2.47 bits per heavy atom. The number of rotatable bonds is 5.